The lowest BCUT2D eigenvalue weighted by Crippen LogP contribution is -2.37. The predicted octanol–water partition coefficient (Wildman–Crippen LogP) is 2.85. The highest BCUT2D eigenvalue weighted by Gasteiger charge is 2.45. The molecule has 3 aliphatic heterocycles. The molecule has 0 aliphatic carbocycles. The van der Waals surface area contributed by atoms with Gasteiger partial charge in [0.15, 0.2) is 0 Å². The molecule has 40 heavy (non-hydrogen) atoms. The van der Waals surface area contributed by atoms with Gasteiger partial charge < -0.3 is 19.3 Å². The Hall–Kier alpha value is -3.44. The van der Waals surface area contributed by atoms with E-state index >= 15 is 0 Å². The third kappa shape index (κ3) is 7.82. The number of carbonyl (C=O) groups is 6. The molecule has 2 saturated heterocycles. The van der Waals surface area contributed by atoms with Gasteiger partial charge in [0.25, 0.3) is 11.8 Å². The van der Waals surface area contributed by atoms with Crippen molar-refractivity contribution in [2.45, 2.75) is 90.1 Å². The monoisotopic (exact) mass is 562 g/mol. The SMILES string of the molecule is CCOC(=O)CCC1C(=O)N2CCCCCCCCN3C(=O)C(CCC(=O)OCC)N(C/C=C/CN1C2=O)C3=O. The summed E-state index contributed by atoms with van der Waals surface area (Å²) in [6, 6.07) is -2.33. The van der Waals surface area contributed by atoms with Crippen molar-refractivity contribution in [1.82, 2.24) is 19.6 Å². The topological polar surface area (TPSA) is 134 Å². The van der Waals surface area contributed by atoms with E-state index in [0.29, 0.717) is 25.9 Å². The maximum Gasteiger partial charge on any atom is 0.327 e. The van der Waals surface area contributed by atoms with Gasteiger partial charge >= 0.3 is 24.0 Å². The number of rotatable bonds is 8. The van der Waals surface area contributed by atoms with Crippen LogP contribution in [0.2, 0.25) is 0 Å². The summed E-state index contributed by atoms with van der Waals surface area (Å²) in [7, 11) is 0. The van der Waals surface area contributed by atoms with Crippen molar-refractivity contribution >= 4 is 35.8 Å². The van der Waals surface area contributed by atoms with Crippen molar-refractivity contribution in [1.29, 1.82) is 0 Å². The number of ether oxygens (including phenoxy) is 2. The Labute approximate surface area is 235 Å². The maximum absolute atomic E-state index is 13.2. The van der Waals surface area contributed by atoms with Gasteiger partial charge in [-0.3, -0.25) is 29.0 Å². The highest BCUT2D eigenvalue weighted by atomic mass is 16.5. The number of hydrogen-bond acceptors (Lipinski definition) is 8. The molecule has 3 heterocycles. The molecule has 12 heteroatoms. The average molecular weight is 563 g/mol. The van der Waals surface area contributed by atoms with Gasteiger partial charge in [0.1, 0.15) is 12.1 Å². The molecular weight excluding hydrogens is 520 g/mol. The second-order valence-electron chi connectivity index (χ2n) is 10.2. The smallest absolute Gasteiger partial charge is 0.327 e. The lowest BCUT2D eigenvalue weighted by molar-refractivity contribution is -0.144. The normalized spacial score (nSPS) is 23.8. The van der Waals surface area contributed by atoms with E-state index in [0.717, 1.165) is 25.7 Å². The van der Waals surface area contributed by atoms with Gasteiger partial charge in [-0.05, 0) is 39.5 Å². The summed E-state index contributed by atoms with van der Waals surface area (Å²) < 4.78 is 9.99. The highest BCUT2D eigenvalue weighted by molar-refractivity contribution is 6.05. The zero-order valence-corrected chi connectivity index (χ0v) is 23.7. The minimum absolute atomic E-state index is 0.0218. The van der Waals surface area contributed by atoms with Crippen molar-refractivity contribution in [3.05, 3.63) is 12.2 Å². The van der Waals surface area contributed by atoms with Crippen LogP contribution < -0.4 is 0 Å². The van der Waals surface area contributed by atoms with Crippen molar-refractivity contribution < 1.29 is 38.2 Å². The van der Waals surface area contributed by atoms with E-state index in [1.807, 2.05) is 0 Å². The fraction of sp³-hybridized carbons (Fsp3) is 0.714. The summed E-state index contributed by atoms with van der Waals surface area (Å²) >= 11 is 0. The molecule has 2 fully saturated rings. The van der Waals surface area contributed by atoms with Crippen LogP contribution in [0.15, 0.2) is 12.2 Å². The van der Waals surface area contributed by atoms with E-state index in [2.05, 4.69) is 0 Å². The molecule has 0 aromatic carbocycles. The molecule has 2 unspecified atom stereocenters. The second-order valence-corrected chi connectivity index (χ2v) is 10.2. The van der Waals surface area contributed by atoms with Gasteiger partial charge in [0.05, 0.1) is 13.2 Å². The Morgan fingerprint density at radius 2 is 1.05 bits per heavy atom. The predicted molar refractivity (Wildman–Crippen MR) is 144 cm³/mol. The molecule has 0 aromatic heterocycles. The second kappa shape index (κ2) is 15.4. The number of amides is 6. The van der Waals surface area contributed by atoms with Gasteiger partial charge in [-0.15, -0.1) is 0 Å². The number of carbonyl (C=O) groups excluding carboxylic acids is 6. The molecular formula is C28H42N4O8. The van der Waals surface area contributed by atoms with Gasteiger partial charge in [-0.2, -0.15) is 0 Å². The zero-order chi connectivity index (χ0) is 29.1. The minimum Gasteiger partial charge on any atom is -0.466 e. The van der Waals surface area contributed by atoms with Crippen LogP contribution in [0.25, 0.3) is 0 Å². The van der Waals surface area contributed by atoms with Gasteiger partial charge in [-0.1, -0.05) is 37.8 Å². The lowest BCUT2D eigenvalue weighted by atomic mass is 10.1. The highest BCUT2D eigenvalue weighted by Crippen LogP contribution is 2.25. The lowest BCUT2D eigenvalue weighted by Gasteiger charge is -2.21. The molecule has 4 bridgehead atoms. The van der Waals surface area contributed by atoms with Crippen LogP contribution in [0.4, 0.5) is 9.59 Å². The first-order chi connectivity index (χ1) is 19.3. The number of nitrogens with zero attached hydrogens (tertiary/aromatic N) is 4. The van der Waals surface area contributed by atoms with Gasteiger partial charge in [-0.25, -0.2) is 9.59 Å². The summed E-state index contributed by atoms with van der Waals surface area (Å²) in [5.41, 5.74) is 0. The Morgan fingerprint density at radius 3 is 1.43 bits per heavy atom. The first-order valence-corrected chi connectivity index (χ1v) is 14.5. The number of fused-ring (bicyclic) bond motifs is 4. The Kier molecular flexibility index (Phi) is 12.0. The van der Waals surface area contributed by atoms with E-state index in [1.54, 1.807) is 26.0 Å². The van der Waals surface area contributed by atoms with E-state index in [1.165, 1.54) is 19.6 Å². The number of esters is 2. The standard InChI is InChI=1S/C28H42N4O8/c1-3-39-23(33)15-13-21-25(35)31-19-9-7-5-6-8-10-20-32-26(36)22(14-16-24(34)40-4-2)30(28(32)38)18-12-11-17-29(21)27(31)37/h11-12,21-22H,3-10,13-20H2,1-2H3/b12-11+. The summed E-state index contributed by atoms with van der Waals surface area (Å²) in [4.78, 5) is 82.0. The molecule has 0 spiro atoms. The van der Waals surface area contributed by atoms with E-state index < -0.39 is 36.1 Å². The number of hydrogen-bond donors (Lipinski definition) is 0. The molecule has 0 aromatic rings. The van der Waals surface area contributed by atoms with Crippen molar-refractivity contribution in [3.63, 3.8) is 0 Å². The van der Waals surface area contributed by atoms with Crippen molar-refractivity contribution in [2.24, 2.45) is 0 Å². The zero-order valence-electron chi connectivity index (χ0n) is 23.7. The van der Waals surface area contributed by atoms with Crippen LogP contribution in [0.1, 0.15) is 78.1 Å². The largest absolute Gasteiger partial charge is 0.466 e. The molecule has 222 valence electrons. The summed E-state index contributed by atoms with van der Waals surface area (Å²) in [6.07, 6.45) is 8.63. The molecule has 0 saturated carbocycles. The van der Waals surface area contributed by atoms with Crippen LogP contribution in [-0.2, 0) is 28.7 Å². The molecule has 0 radical (unpaired) electrons. The molecule has 2 atom stereocenters. The average Bonchev–Trinajstić information content (AvgIpc) is 3.28. The van der Waals surface area contributed by atoms with Crippen molar-refractivity contribution in [2.75, 3.05) is 39.4 Å². The van der Waals surface area contributed by atoms with Crippen LogP contribution in [0, 0.1) is 0 Å². The minimum atomic E-state index is -0.772. The van der Waals surface area contributed by atoms with Gasteiger partial charge in [0.2, 0.25) is 0 Å². The van der Waals surface area contributed by atoms with Crippen LogP contribution >= 0.6 is 0 Å². The number of imide groups is 2. The molecule has 3 rings (SSSR count). The first kappa shape index (κ1) is 31.1. The van der Waals surface area contributed by atoms with E-state index in [-0.39, 0.29) is 63.8 Å². The summed E-state index contributed by atoms with van der Waals surface area (Å²) in [5, 5.41) is 0. The van der Waals surface area contributed by atoms with E-state index in [4.69, 9.17) is 9.47 Å². The Morgan fingerprint density at radius 1 is 0.675 bits per heavy atom. The maximum atomic E-state index is 13.2. The molecule has 3 aliphatic rings. The van der Waals surface area contributed by atoms with E-state index in [9.17, 15) is 28.8 Å². The number of urea groups is 2. The van der Waals surface area contributed by atoms with Crippen molar-refractivity contribution in [3.8, 4) is 0 Å². The third-order valence-electron chi connectivity index (χ3n) is 7.45. The van der Waals surface area contributed by atoms with Crippen LogP contribution in [-0.4, -0.2) is 107 Å². The van der Waals surface area contributed by atoms with Gasteiger partial charge in [0, 0.05) is 39.0 Å². The summed E-state index contributed by atoms with van der Waals surface area (Å²) in [6.45, 7) is 4.79. The quantitative estimate of drug-likeness (QED) is 0.251. The molecule has 0 N–H and O–H groups in total. The van der Waals surface area contributed by atoms with Crippen LogP contribution in [0.3, 0.4) is 0 Å². The Balaban J connectivity index is 1.77. The molecule has 12 nitrogen and oxygen atoms in total. The van der Waals surface area contributed by atoms with Crippen LogP contribution in [0.5, 0.6) is 0 Å². The Bertz CT molecular complexity index is 907. The fourth-order valence-electron chi connectivity index (χ4n) is 5.37. The molecule has 6 amide bonds. The third-order valence-corrected chi connectivity index (χ3v) is 7.45. The first-order valence-electron chi connectivity index (χ1n) is 14.5. The summed E-state index contributed by atoms with van der Waals surface area (Å²) in [5.74, 6) is -1.46. The fourth-order valence-corrected chi connectivity index (χ4v) is 5.37.